The van der Waals surface area contributed by atoms with E-state index in [1.165, 1.54) is 0 Å². The Morgan fingerprint density at radius 3 is 2.89 bits per heavy atom. The van der Waals surface area contributed by atoms with Crippen molar-refractivity contribution in [3.63, 3.8) is 0 Å². The fraction of sp³-hybridized carbons (Fsp3) is 0.500. The van der Waals surface area contributed by atoms with Gasteiger partial charge < -0.3 is 10.6 Å². The Hall–Kier alpha value is -0.870. The summed E-state index contributed by atoms with van der Waals surface area (Å²) in [5.74, 6) is 0.591. The number of piperidine rings is 1. The number of hydrogen-bond donors (Lipinski definition) is 1. The van der Waals surface area contributed by atoms with Gasteiger partial charge in [-0.25, -0.2) is 0 Å². The maximum absolute atomic E-state index is 12.5. The van der Waals surface area contributed by atoms with Gasteiger partial charge in [-0.3, -0.25) is 4.79 Å². The molecule has 0 bridgehead atoms. The summed E-state index contributed by atoms with van der Waals surface area (Å²) in [6.07, 6.45) is 0.986. The van der Waals surface area contributed by atoms with Crippen molar-refractivity contribution >= 4 is 21.8 Å². The van der Waals surface area contributed by atoms with Crippen LogP contribution in [-0.4, -0.2) is 29.9 Å². The summed E-state index contributed by atoms with van der Waals surface area (Å²) < 4.78 is 0.936. The number of amides is 1. The van der Waals surface area contributed by atoms with E-state index in [-0.39, 0.29) is 11.9 Å². The van der Waals surface area contributed by atoms with Crippen LogP contribution in [0.3, 0.4) is 0 Å². The van der Waals surface area contributed by atoms with Gasteiger partial charge in [0.2, 0.25) is 0 Å². The molecule has 3 nitrogen and oxygen atoms in total. The summed E-state index contributed by atoms with van der Waals surface area (Å²) in [5.41, 5.74) is 7.83. The highest BCUT2D eigenvalue weighted by Crippen LogP contribution is 2.21. The van der Waals surface area contributed by atoms with Crippen LogP contribution in [0.4, 0.5) is 0 Å². The van der Waals surface area contributed by atoms with Gasteiger partial charge in [-0.1, -0.05) is 28.9 Å². The minimum Gasteiger partial charge on any atom is -0.337 e. The van der Waals surface area contributed by atoms with E-state index in [9.17, 15) is 4.79 Å². The molecule has 0 spiro atoms. The summed E-state index contributed by atoms with van der Waals surface area (Å²) >= 11 is 3.41. The highest BCUT2D eigenvalue weighted by molar-refractivity contribution is 9.10. The van der Waals surface area contributed by atoms with Gasteiger partial charge in [0.25, 0.3) is 5.91 Å². The largest absolute Gasteiger partial charge is 0.337 e. The topological polar surface area (TPSA) is 46.3 Å². The first-order valence-corrected chi connectivity index (χ1v) is 7.09. The minimum atomic E-state index is 0.0927. The zero-order valence-electron chi connectivity index (χ0n) is 10.8. The van der Waals surface area contributed by atoms with E-state index >= 15 is 0 Å². The average Bonchev–Trinajstić information content (AvgIpc) is 2.35. The first-order valence-electron chi connectivity index (χ1n) is 6.30. The maximum Gasteiger partial charge on any atom is 0.254 e. The molecule has 1 aliphatic rings. The minimum absolute atomic E-state index is 0.0927. The molecule has 0 aliphatic carbocycles. The molecular weight excluding hydrogens is 292 g/mol. The fourth-order valence-electron chi connectivity index (χ4n) is 2.28. The van der Waals surface area contributed by atoms with E-state index in [0.717, 1.165) is 28.6 Å². The second-order valence-corrected chi connectivity index (χ2v) is 6.06. The Kier molecular flexibility index (Phi) is 4.07. The van der Waals surface area contributed by atoms with Gasteiger partial charge in [-0.05, 0) is 37.0 Å². The lowest BCUT2D eigenvalue weighted by Crippen LogP contribution is -2.49. The smallest absolute Gasteiger partial charge is 0.254 e. The molecule has 1 heterocycles. The monoisotopic (exact) mass is 310 g/mol. The lowest BCUT2D eigenvalue weighted by Gasteiger charge is -2.35. The summed E-state index contributed by atoms with van der Waals surface area (Å²) in [6, 6.07) is 5.90. The third-order valence-electron chi connectivity index (χ3n) is 3.73. The number of hydrogen-bond acceptors (Lipinski definition) is 2. The third kappa shape index (κ3) is 2.75. The molecule has 2 unspecified atom stereocenters. The number of carbonyl (C=O) groups excluding carboxylic acids is 1. The number of nitrogens with zero attached hydrogens (tertiary/aromatic N) is 1. The summed E-state index contributed by atoms with van der Waals surface area (Å²) in [5, 5.41) is 0. The summed E-state index contributed by atoms with van der Waals surface area (Å²) in [6.45, 7) is 5.58. The van der Waals surface area contributed by atoms with Gasteiger partial charge >= 0.3 is 0 Å². The molecule has 1 fully saturated rings. The van der Waals surface area contributed by atoms with Crippen molar-refractivity contribution < 1.29 is 4.79 Å². The highest BCUT2D eigenvalue weighted by Gasteiger charge is 2.27. The van der Waals surface area contributed by atoms with Gasteiger partial charge in [-0.15, -0.1) is 0 Å². The molecule has 0 aromatic heterocycles. The number of likely N-dealkylation sites (tertiary alicyclic amines) is 1. The molecular formula is C14H19BrN2O. The molecule has 4 heteroatoms. The average molecular weight is 311 g/mol. The van der Waals surface area contributed by atoms with Crippen molar-refractivity contribution in [1.29, 1.82) is 0 Å². The van der Waals surface area contributed by atoms with E-state index in [2.05, 4.69) is 22.9 Å². The van der Waals surface area contributed by atoms with Crippen molar-refractivity contribution in [2.75, 3.05) is 13.1 Å². The van der Waals surface area contributed by atoms with Crippen molar-refractivity contribution in [2.45, 2.75) is 26.3 Å². The molecule has 2 rings (SSSR count). The molecule has 0 radical (unpaired) electrons. The van der Waals surface area contributed by atoms with Crippen molar-refractivity contribution in [1.82, 2.24) is 4.90 Å². The van der Waals surface area contributed by atoms with Crippen LogP contribution < -0.4 is 5.73 Å². The summed E-state index contributed by atoms with van der Waals surface area (Å²) in [4.78, 5) is 14.3. The molecule has 1 aromatic carbocycles. The predicted molar refractivity (Wildman–Crippen MR) is 76.5 cm³/mol. The van der Waals surface area contributed by atoms with E-state index < -0.39 is 0 Å². The molecule has 1 saturated heterocycles. The SMILES string of the molecule is Cc1ccc(Br)cc1C(=O)N1CCC(C)C(N)C1. The summed E-state index contributed by atoms with van der Waals surface area (Å²) in [7, 11) is 0. The van der Waals surface area contributed by atoms with Crippen LogP contribution in [0, 0.1) is 12.8 Å². The quantitative estimate of drug-likeness (QED) is 0.866. The zero-order chi connectivity index (χ0) is 13.3. The van der Waals surface area contributed by atoms with E-state index in [1.54, 1.807) is 0 Å². The highest BCUT2D eigenvalue weighted by atomic mass is 79.9. The van der Waals surface area contributed by atoms with Gasteiger partial charge in [0.1, 0.15) is 0 Å². The molecule has 2 N–H and O–H groups in total. The van der Waals surface area contributed by atoms with Crippen LogP contribution in [-0.2, 0) is 0 Å². The predicted octanol–water partition coefficient (Wildman–Crippen LogP) is 2.57. The molecule has 0 saturated carbocycles. The number of aryl methyl sites for hydroxylation is 1. The number of halogens is 1. The molecule has 1 amide bonds. The van der Waals surface area contributed by atoms with Gasteiger partial charge in [0.05, 0.1) is 0 Å². The Morgan fingerprint density at radius 2 is 2.22 bits per heavy atom. The van der Waals surface area contributed by atoms with Crippen molar-refractivity contribution in [2.24, 2.45) is 11.7 Å². The molecule has 18 heavy (non-hydrogen) atoms. The number of nitrogens with two attached hydrogens (primary N) is 1. The van der Waals surface area contributed by atoms with Gasteiger partial charge in [-0.2, -0.15) is 0 Å². The van der Waals surface area contributed by atoms with Crippen LogP contribution in [0.15, 0.2) is 22.7 Å². The standard InChI is InChI=1S/C14H19BrN2O/c1-9-3-4-11(15)7-12(9)14(18)17-6-5-10(2)13(16)8-17/h3-4,7,10,13H,5-6,8,16H2,1-2H3. The second kappa shape index (κ2) is 5.41. The Labute approximate surface area is 116 Å². The van der Waals surface area contributed by atoms with Crippen LogP contribution in [0.5, 0.6) is 0 Å². The first-order chi connectivity index (χ1) is 8.49. The van der Waals surface area contributed by atoms with E-state index in [1.807, 2.05) is 30.0 Å². The Morgan fingerprint density at radius 1 is 1.50 bits per heavy atom. The van der Waals surface area contributed by atoms with Crippen LogP contribution in [0.2, 0.25) is 0 Å². The van der Waals surface area contributed by atoms with Crippen molar-refractivity contribution in [3.8, 4) is 0 Å². The van der Waals surface area contributed by atoms with Crippen molar-refractivity contribution in [3.05, 3.63) is 33.8 Å². The Balaban J connectivity index is 2.19. The lowest BCUT2D eigenvalue weighted by atomic mass is 9.93. The van der Waals surface area contributed by atoms with Crippen LogP contribution in [0.25, 0.3) is 0 Å². The molecule has 1 aromatic rings. The maximum atomic E-state index is 12.5. The molecule has 1 aliphatic heterocycles. The number of carbonyl (C=O) groups is 1. The van der Waals surface area contributed by atoms with E-state index in [0.29, 0.717) is 12.5 Å². The lowest BCUT2D eigenvalue weighted by molar-refractivity contribution is 0.0671. The third-order valence-corrected chi connectivity index (χ3v) is 4.23. The Bertz CT molecular complexity index is 461. The van der Waals surface area contributed by atoms with Crippen LogP contribution in [0.1, 0.15) is 29.3 Å². The van der Waals surface area contributed by atoms with Gasteiger partial charge in [0, 0.05) is 29.2 Å². The fourth-order valence-corrected chi connectivity index (χ4v) is 2.64. The second-order valence-electron chi connectivity index (χ2n) is 5.14. The zero-order valence-corrected chi connectivity index (χ0v) is 12.4. The number of benzene rings is 1. The van der Waals surface area contributed by atoms with E-state index in [4.69, 9.17) is 5.73 Å². The normalized spacial score (nSPS) is 24.1. The molecule has 98 valence electrons. The van der Waals surface area contributed by atoms with Crippen LogP contribution >= 0.6 is 15.9 Å². The van der Waals surface area contributed by atoms with Gasteiger partial charge in [0.15, 0.2) is 0 Å². The molecule has 2 atom stereocenters. The number of rotatable bonds is 1. The first kappa shape index (κ1) is 13.6.